The summed E-state index contributed by atoms with van der Waals surface area (Å²) in [6.45, 7) is 7.70. The quantitative estimate of drug-likeness (QED) is 0.629. The lowest BCUT2D eigenvalue weighted by atomic mass is 10.1. The first-order valence-electron chi connectivity index (χ1n) is 7.77. The summed E-state index contributed by atoms with van der Waals surface area (Å²) >= 11 is 0. The van der Waals surface area contributed by atoms with Crippen LogP contribution in [-0.2, 0) is 6.54 Å². The van der Waals surface area contributed by atoms with E-state index in [0.717, 1.165) is 12.0 Å². The summed E-state index contributed by atoms with van der Waals surface area (Å²) in [4.78, 5) is 0. The van der Waals surface area contributed by atoms with Crippen LogP contribution < -0.4 is 10.1 Å². The highest BCUT2D eigenvalue weighted by Gasteiger charge is 2.03. The molecule has 20 heavy (non-hydrogen) atoms. The van der Waals surface area contributed by atoms with Gasteiger partial charge < -0.3 is 10.1 Å². The molecule has 1 rings (SSSR count). The van der Waals surface area contributed by atoms with Crippen LogP contribution in [0.4, 0.5) is 4.39 Å². The maximum absolute atomic E-state index is 13.5. The van der Waals surface area contributed by atoms with Gasteiger partial charge in [0.2, 0.25) is 0 Å². The molecule has 1 aromatic carbocycles. The Kier molecular flexibility index (Phi) is 8.28. The minimum absolute atomic E-state index is 0.228. The van der Waals surface area contributed by atoms with Gasteiger partial charge in [-0.15, -0.1) is 0 Å². The van der Waals surface area contributed by atoms with Gasteiger partial charge in [-0.2, -0.15) is 0 Å². The van der Waals surface area contributed by atoms with Crippen LogP contribution >= 0.6 is 0 Å². The Bertz CT molecular complexity index is 379. The Morgan fingerprint density at radius 2 is 1.85 bits per heavy atom. The normalized spacial score (nSPS) is 11.1. The molecule has 0 bridgehead atoms. The molecule has 0 aliphatic rings. The van der Waals surface area contributed by atoms with Crippen LogP contribution in [0.2, 0.25) is 0 Å². The number of unbranched alkanes of at least 4 members (excludes halogenated alkanes) is 4. The van der Waals surface area contributed by atoms with Gasteiger partial charge in [-0.1, -0.05) is 46.5 Å². The lowest BCUT2D eigenvalue weighted by Gasteiger charge is -2.11. The zero-order chi connectivity index (χ0) is 14.8. The second kappa shape index (κ2) is 9.76. The van der Waals surface area contributed by atoms with Crippen LogP contribution in [0.25, 0.3) is 0 Å². The minimum atomic E-state index is -0.228. The average molecular weight is 281 g/mol. The molecule has 0 heterocycles. The van der Waals surface area contributed by atoms with E-state index in [-0.39, 0.29) is 5.82 Å². The summed E-state index contributed by atoms with van der Waals surface area (Å²) < 4.78 is 19.2. The highest BCUT2D eigenvalue weighted by atomic mass is 19.1. The third-order valence-corrected chi connectivity index (χ3v) is 3.16. The molecule has 0 aliphatic heterocycles. The molecule has 2 nitrogen and oxygen atoms in total. The van der Waals surface area contributed by atoms with Gasteiger partial charge in [0.1, 0.15) is 11.6 Å². The zero-order valence-electron chi connectivity index (χ0n) is 13.0. The maximum atomic E-state index is 13.5. The van der Waals surface area contributed by atoms with Crippen LogP contribution in [0, 0.1) is 5.82 Å². The van der Waals surface area contributed by atoms with Gasteiger partial charge in [-0.05, 0) is 24.1 Å². The summed E-state index contributed by atoms with van der Waals surface area (Å²) in [5.74, 6) is 0.412. The van der Waals surface area contributed by atoms with Crippen molar-refractivity contribution in [3.05, 3.63) is 29.6 Å². The van der Waals surface area contributed by atoms with Crippen LogP contribution in [-0.4, -0.2) is 12.6 Å². The van der Waals surface area contributed by atoms with Gasteiger partial charge in [-0.3, -0.25) is 0 Å². The lowest BCUT2D eigenvalue weighted by Crippen LogP contribution is -2.21. The highest BCUT2D eigenvalue weighted by Crippen LogP contribution is 2.17. The van der Waals surface area contributed by atoms with Gasteiger partial charge in [0.15, 0.2) is 0 Å². The molecule has 0 saturated carbocycles. The van der Waals surface area contributed by atoms with E-state index in [1.807, 2.05) is 6.07 Å². The molecule has 0 radical (unpaired) electrons. The number of halogens is 1. The Hall–Kier alpha value is -1.09. The van der Waals surface area contributed by atoms with Crippen molar-refractivity contribution in [2.24, 2.45) is 0 Å². The van der Waals surface area contributed by atoms with Gasteiger partial charge in [0.25, 0.3) is 0 Å². The molecule has 0 saturated heterocycles. The first-order chi connectivity index (χ1) is 9.61. The Labute approximate surface area is 122 Å². The fourth-order valence-corrected chi connectivity index (χ4v) is 2.02. The smallest absolute Gasteiger partial charge is 0.127 e. The van der Waals surface area contributed by atoms with Crippen molar-refractivity contribution in [3.8, 4) is 5.75 Å². The summed E-state index contributed by atoms with van der Waals surface area (Å²) in [6.07, 6.45) is 6.01. The van der Waals surface area contributed by atoms with E-state index in [2.05, 4.69) is 26.1 Å². The summed E-state index contributed by atoms with van der Waals surface area (Å²) in [5, 5.41) is 3.28. The van der Waals surface area contributed by atoms with E-state index in [1.165, 1.54) is 31.7 Å². The first-order valence-corrected chi connectivity index (χ1v) is 7.77. The van der Waals surface area contributed by atoms with Crippen LogP contribution in [0.5, 0.6) is 5.75 Å². The molecule has 114 valence electrons. The fraction of sp³-hybridized carbons (Fsp3) is 0.647. The molecule has 0 spiro atoms. The second-order valence-corrected chi connectivity index (χ2v) is 5.59. The standard InChI is InChI=1S/C17H28FNO/c1-4-5-6-7-8-9-20-17-11-15(10-16(18)12-17)13-19-14(2)3/h10-12,14,19H,4-9,13H2,1-3H3. The summed E-state index contributed by atoms with van der Waals surface area (Å²) in [5.41, 5.74) is 0.930. The Morgan fingerprint density at radius 1 is 1.10 bits per heavy atom. The average Bonchev–Trinajstić information content (AvgIpc) is 2.40. The summed E-state index contributed by atoms with van der Waals surface area (Å²) in [6, 6.07) is 5.33. The van der Waals surface area contributed by atoms with Gasteiger partial charge >= 0.3 is 0 Å². The van der Waals surface area contributed by atoms with Gasteiger partial charge in [0.05, 0.1) is 6.61 Å². The first kappa shape index (κ1) is 17.0. The van der Waals surface area contributed by atoms with E-state index < -0.39 is 0 Å². The number of benzene rings is 1. The number of rotatable bonds is 10. The molecule has 0 aromatic heterocycles. The monoisotopic (exact) mass is 281 g/mol. The lowest BCUT2D eigenvalue weighted by molar-refractivity contribution is 0.302. The molecule has 0 atom stereocenters. The molecule has 1 aromatic rings. The van der Waals surface area contributed by atoms with Crippen molar-refractivity contribution in [1.29, 1.82) is 0 Å². The number of hydrogen-bond acceptors (Lipinski definition) is 2. The van der Waals surface area contributed by atoms with Gasteiger partial charge in [0, 0.05) is 18.7 Å². The van der Waals surface area contributed by atoms with Crippen molar-refractivity contribution < 1.29 is 9.13 Å². The van der Waals surface area contributed by atoms with Crippen molar-refractivity contribution in [3.63, 3.8) is 0 Å². The van der Waals surface area contributed by atoms with Gasteiger partial charge in [-0.25, -0.2) is 4.39 Å². The summed E-state index contributed by atoms with van der Waals surface area (Å²) in [7, 11) is 0. The highest BCUT2D eigenvalue weighted by molar-refractivity contribution is 5.29. The maximum Gasteiger partial charge on any atom is 0.127 e. The minimum Gasteiger partial charge on any atom is -0.493 e. The molecule has 3 heteroatoms. The van der Waals surface area contributed by atoms with E-state index in [1.54, 1.807) is 6.07 Å². The molecule has 1 N–H and O–H groups in total. The van der Waals surface area contributed by atoms with Crippen LogP contribution in [0.15, 0.2) is 18.2 Å². The molecule has 0 fully saturated rings. The van der Waals surface area contributed by atoms with E-state index >= 15 is 0 Å². The SMILES string of the molecule is CCCCCCCOc1cc(F)cc(CNC(C)C)c1. The third kappa shape index (κ3) is 7.49. The van der Waals surface area contributed by atoms with E-state index in [9.17, 15) is 4.39 Å². The van der Waals surface area contributed by atoms with Crippen molar-refractivity contribution >= 4 is 0 Å². The molecule has 0 amide bonds. The van der Waals surface area contributed by atoms with Crippen molar-refractivity contribution in [1.82, 2.24) is 5.32 Å². The van der Waals surface area contributed by atoms with Crippen LogP contribution in [0.1, 0.15) is 58.4 Å². The Balaban J connectivity index is 2.37. The largest absolute Gasteiger partial charge is 0.493 e. The van der Waals surface area contributed by atoms with Crippen molar-refractivity contribution in [2.75, 3.05) is 6.61 Å². The predicted octanol–water partition coefficient (Wildman–Crippen LogP) is 4.67. The topological polar surface area (TPSA) is 21.3 Å². The third-order valence-electron chi connectivity index (χ3n) is 3.16. The molecule has 0 unspecified atom stereocenters. The van der Waals surface area contributed by atoms with E-state index in [4.69, 9.17) is 4.74 Å². The predicted molar refractivity (Wildman–Crippen MR) is 82.6 cm³/mol. The zero-order valence-corrected chi connectivity index (χ0v) is 13.0. The number of nitrogens with one attached hydrogen (secondary N) is 1. The van der Waals surface area contributed by atoms with Crippen molar-refractivity contribution in [2.45, 2.75) is 65.5 Å². The fourth-order valence-electron chi connectivity index (χ4n) is 2.02. The second-order valence-electron chi connectivity index (χ2n) is 5.59. The Morgan fingerprint density at radius 3 is 2.55 bits per heavy atom. The number of hydrogen-bond donors (Lipinski definition) is 1. The molecule has 0 aliphatic carbocycles. The van der Waals surface area contributed by atoms with Crippen LogP contribution in [0.3, 0.4) is 0 Å². The van der Waals surface area contributed by atoms with E-state index in [0.29, 0.717) is 24.9 Å². The number of ether oxygens (including phenoxy) is 1. The molecular weight excluding hydrogens is 253 g/mol. The molecular formula is C17H28FNO.